The van der Waals surface area contributed by atoms with Crippen molar-refractivity contribution in [1.29, 1.82) is 0 Å². The Morgan fingerprint density at radius 3 is 2.33 bits per heavy atom. The minimum Gasteiger partial charge on any atom is -0.393 e. The Kier molecular flexibility index (Phi) is 4.33. The third-order valence-corrected chi connectivity index (χ3v) is 3.43. The van der Waals surface area contributed by atoms with Crippen molar-refractivity contribution in [3.63, 3.8) is 0 Å². The van der Waals surface area contributed by atoms with Crippen molar-refractivity contribution < 1.29 is 9.90 Å². The molecular weight excluding hydrogens is 228 g/mol. The standard InChI is InChI=1S/C14H20N2O2/c15-10-12-3-1-11(2-4-12)9-14(18)16-7-5-13(17)6-8-16/h1-4,13,17H,5-10,15H2. The number of carbonyl (C=O) groups excluding carboxylic acids is 1. The number of nitrogens with zero attached hydrogens (tertiary/aromatic N) is 1. The minimum absolute atomic E-state index is 0.141. The van der Waals surface area contributed by atoms with Crippen LogP contribution in [0.4, 0.5) is 0 Å². The van der Waals surface area contributed by atoms with E-state index in [4.69, 9.17) is 5.73 Å². The second-order valence-electron chi connectivity index (χ2n) is 4.81. The van der Waals surface area contributed by atoms with Crippen LogP contribution in [0.25, 0.3) is 0 Å². The highest BCUT2D eigenvalue weighted by Crippen LogP contribution is 2.12. The lowest BCUT2D eigenvalue weighted by Crippen LogP contribution is -2.40. The van der Waals surface area contributed by atoms with Gasteiger partial charge in [-0.05, 0) is 24.0 Å². The van der Waals surface area contributed by atoms with E-state index in [-0.39, 0.29) is 12.0 Å². The van der Waals surface area contributed by atoms with Gasteiger partial charge < -0.3 is 15.7 Å². The number of benzene rings is 1. The molecule has 1 heterocycles. The van der Waals surface area contributed by atoms with Gasteiger partial charge in [-0.2, -0.15) is 0 Å². The molecule has 1 fully saturated rings. The Morgan fingerprint density at radius 2 is 1.78 bits per heavy atom. The van der Waals surface area contributed by atoms with Crippen LogP contribution in [0.2, 0.25) is 0 Å². The molecule has 18 heavy (non-hydrogen) atoms. The zero-order chi connectivity index (χ0) is 13.0. The zero-order valence-electron chi connectivity index (χ0n) is 10.5. The van der Waals surface area contributed by atoms with Crippen LogP contribution >= 0.6 is 0 Å². The first-order valence-corrected chi connectivity index (χ1v) is 6.43. The summed E-state index contributed by atoms with van der Waals surface area (Å²) in [5.41, 5.74) is 7.63. The van der Waals surface area contributed by atoms with Crippen molar-refractivity contribution in [3.05, 3.63) is 35.4 Å². The summed E-state index contributed by atoms with van der Waals surface area (Å²) < 4.78 is 0. The molecule has 2 rings (SSSR count). The third-order valence-electron chi connectivity index (χ3n) is 3.43. The number of aliphatic hydroxyl groups is 1. The van der Waals surface area contributed by atoms with E-state index in [1.54, 1.807) is 0 Å². The lowest BCUT2D eigenvalue weighted by molar-refractivity contribution is -0.132. The van der Waals surface area contributed by atoms with E-state index in [0.717, 1.165) is 11.1 Å². The van der Waals surface area contributed by atoms with Crippen LogP contribution in [0.5, 0.6) is 0 Å². The molecule has 1 aromatic rings. The second kappa shape index (κ2) is 5.98. The van der Waals surface area contributed by atoms with Crippen LogP contribution in [0.15, 0.2) is 24.3 Å². The molecule has 1 saturated heterocycles. The van der Waals surface area contributed by atoms with Crippen molar-refractivity contribution in [2.75, 3.05) is 13.1 Å². The third kappa shape index (κ3) is 3.31. The SMILES string of the molecule is NCc1ccc(CC(=O)N2CCC(O)CC2)cc1. The summed E-state index contributed by atoms with van der Waals surface area (Å²) in [6.07, 6.45) is 1.58. The van der Waals surface area contributed by atoms with E-state index >= 15 is 0 Å². The van der Waals surface area contributed by atoms with Gasteiger partial charge in [-0.25, -0.2) is 0 Å². The molecule has 0 saturated carbocycles. The van der Waals surface area contributed by atoms with Crippen LogP contribution in [0, 0.1) is 0 Å². The molecule has 1 aliphatic heterocycles. The minimum atomic E-state index is -0.238. The fourth-order valence-corrected chi connectivity index (χ4v) is 2.19. The largest absolute Gasteiger partial charge is 0.393 e. The van der Waals surface area contributed by atoms with Gasteiger partial charge >= 0.3 is 0 Å². The van der Waals surface area contributed by atoms with Crippen LogP contribution in [0.1, 0.15) is 24.0 Å². The number of amides is 1. The predicted molar refractivity (Wildman–Crippen MR) is 69.9 cm³/mol. The summed E-state index contributed by atoms with van der Waals surface area (Å²) in [4.78, 5) is 13.9. The fourth-order valence-electron chi connectivity index (χ4n) is 2.19. The molecular formula is C14H20N2O2. The molecule has 3 N–H and O–H groups in total. The molecule has 0 unspecified atom stereocenters. The van der Waals surface area contributed by atoms with Crippen molar-refractivity contribution >= 4 is 5.91 Å². The van der Waals surface area contributed by atoms with Crippen molar-refractivity contribution in [2.45, 2.75) is 31.9 Å². The summed E-state index contributed by atoms with van der Waals surface area (Å²) in [6, 6.07) is 7.84. The van der Waals surface area contributed by atoms with E-state index < -0.39 is 0 Å². The molecule has 4 heteroatoms. The normalized spacial score (nSPS) is 16.9. The van der Waals surface area contributed by atoms with E-state index in [1.807, 2.05) is 29.2 Å². The second-order valence-corrected chi connectivity index (χ2v) is 4.81. The van der Waals surface area contributed by atoms with Gasteiger partial charge in [0.2, 0.25) is 5.91 Å². The molecule has 0 aliphatic carbocycles. The molecule has 0 spiro atoms. The van der Waals surface area contributed by atoms with Gasteiger partial charge in [0, 0.05) is 19.6 Å². The van der Waals surface area contributed by atoms with Gasteiger partial charge in [0.15, 0.2) is 0 Å². The number of carbonyl (C=O) groups is 1. The fraction of sp³-hybridized carbons (Fsp3) is 0.500. The summed E-state index contributed by atoms with van der Waals surface area (Å²) in [5.74, 6) is 0.141. The quantitative estimate of drug-likeness (QED) is 0.826. The highest BCUT2D eigenvalue weighted by atomic mass is 16.3. The Hall–Kier alpha value is -1.39. The smallest absolute Gasteiger partial charge is 0.226 e. The van der Waals surface area contributed by atoms with Gasteiger partial charge in [0.05, 0.1) is 12.5 Å². The number of hydrogen-bond donors (Lipinski definition) is 2. The first-order chi connectivity index (χ1) is 8.69. The molecule has 0 aromatic heterocycles. The molecule has 0 atom stereocenters. The first kappa shape index (κ1) is 13.1. The van der Waals surface area contributed by atoms with E-state index in [2.05, 4.69) is 0 Å². The van der Waals surface area contributed by atoms with Gasteiger partial charge in [-0.1, -0.05) is 24.3 Å². The maximum absolute atomic E-state index is 12.0. The molecule has 1 aliphatic rings. The maximum Gasteiger partial charge on any atom is 0.226 e. The Labute approximate surface area is 107 Å². The van der Waals surface area contributed by atoms with Crippen molar-refractivity contribution in [2.24, 2.45) is 5.73 Å². The summed E-state index contributed by atoms with van der Waals surface area (Å²) in [6.45, 7) is 1.86. The topological polar surface area (TPSA) is 66.6 Å². The maximum atomic E-state index is 12.0. The molecule has 0 radical (unpaired) electrons. The van der Waals surface area contributed by atoms with E-state index in [0.29, 0.717) is 38.9 Å². The van der Waals surface area contributed by atoms with E-state index in [1.165, 1.54) is 0 Å². The number of likely N-dealkylation sites (tertiary alicyclic amines) is 1. The van der Waals surface area contributed by atoms with Gasteiger partial charge in [0.25, 0.3) is 0 Å². The lowest BCUT2D eigenvalue weighted by Gasteiger charge is -2.29. The Balaban J connectivity index is 1.90. The highest BCUT2D eigenvalue weighted by molar-refractivity contribution is 5.78. The van der Waals surface area contributed by atoms with Gasteiger partial charge in [-0.3, -0.25) is 4.79 Å². The molecule has 4 nitrogen and oxygen atoms in total. The summed E-state index contributed by atoms with van der Waals surface area (Å²) >= 11 is 0. The average Bonchev–Trinajstić information content (AvgIpc) is 2.40. The van der Waals surface area contributed by atoms with Crippen molar-refractivity contribution in [3.8, 4) is 0 Å². The number of piperidine rings is 1. The number of rotatable bonds is 3. The molecule has 98 valence electrons. The summed E-state index contributed by atoms with van der Waals surface area (Å²) in [5, 5.41) is 9.41. The van der Waals surface area contributed by atoms with E-state index in [9.17, 15) is 9.90 Å². The first-order valence-electron chi connectivity index (χ1n) is 6.43. The lowest BCUT2D eigenvalue weighted by atomic mass is 10.1. The van der Waals surface area contributed by atoms with Gasteiger partial charge in [0.1, 0.15) is 0 Å². The average molecular weight is 248 g/mol. The van der Waals surface area contributed by atoms with Crippen LogP contribution in [-0.4, -0.2) is 35.1 Å². The highest BCUT2D eigenvalue weighted by Gasteiger charge is 2.21. The number of hydrogen-bond acceptors (Lipinski definition) is 3. The summed E-state index contributed by atoms with van der Waals surface area (Å²) in [7, 11) is 0. The van der Waals surface area contributed by atoms with Crippen molar-refractivity contribution in [1.82, 2.24) is 4.90 Å². The Bertz CT molecular complexity index is 395. The zero-order valence-corrected chi connectivity index (χ0v) is 10.5. The predicted octanol–water partition coefficient (Wildman–Crippen LogP) is 0.671. The number of nitrogens with two attached hydrogens (primary N) is 1. The molecule has 0 bridgehead atoms. The Morgan fingerprint density at radius 1 is 1.22 bits per heavy atom. The van der Waals surface area contributed by atoms with Crippen LogP contribution in [0.3, 0.4) is 0 Å². The van der Waals surface area contributed by atoms with Gasteiger partial charge in [-0.15, -0.1) is 0 Å². The van der Waals surface area contributed by atoms with Crippen LogP contribution < -0.4 is 5.73 Å². The molecule has 1 aromatic carbocycles. The molecule has 1 amide bonds. The monoisotopic (exact) mass is 248 g/mol. The number of aliphatic hydroxyl groups excluding tert-OH is 1. The van der Waals surface area contributed by atoms with Crippen LogP contribution in [-0.2, 0) is 17.8 Å².